The van der Waals surface area contributed by atoms with Gasteiger partial charge in [-0.1, -0.05) is 97.6 Å². The molecular weight excluding hydrogens is 454 g/mol. The van der Waals surface area contributed by atoms with Gasteiger partial charge in [-0.25, -0.2) is 0 Å². The van der Waals surface area contributed by atoms with Crippen LogP contribution in [0.3, 0.4) is 0 Å². The van der Waals surface area contributed by atoms with Gasteiger partial charge in [0.25, 0.3) is 11.8 Å². The third-order valence-corrected chi connectivity index (χ3v) is 6.55. The average molecular weight is 486 g/mol. The molecule has 0 aromatic heterocycles. The number of rotatable bonds is 14. The second-order valence-corrected chi connectivity index (χ2v) is 9.01. The van der Waals surface area contributed by atoms with Crippen LogP contribution >= 0.6 is 15.9 Å². The molecule has 2 aromatic rings. The predicted molar refractivity (Wildman–Crippen MR) is 127 cm³/mol. The van der Waals surface area contributed by atoms with Crippen molar-refractivity contribution in [3.8, 4) is 0 Å². The molecule has 1 heterocycles. The number of amides is 2. The van der Waals surface area contributed by atoms with Crippen molar-refractivity contribution >= 4 is 27.7 Å². The first-order valence-corrected chi connectivity index (χ1v) is 12.3. The van der Waals surface area contributed by atoms with Gasteiger partial charge in [-0.15, -0.1) is 5.06 Å². The normalized spacial score (nSPS) is 13.1. The zero-order chi connectivity index (χ0) is 21.9. The predicted octanol–water partition coefficient (Wildman–Crippen LogP) is 7.12. The minimum Gasteiger partial charge on any atom is -0.266 e. The topological polar surface area (TPSA) is 46.6 Å². The monoisotopic (exact) mass is 485 g/mol. The molecule has 0 fully saturated rings. The largest absolute Gasteiger partial charge is 0.285 e. The second-order valence-electron chi connectivity index (χ2n) is 8.16. The van der Waals surface area contributed by atoms with E-state index in [0.29, 0.717) is 17.7 Å². The van der Waals surface area contributed by atoms with E-state index in [1.165, 1.54) is 61.4 Å². The summed E-state index contributed by atoms with van der Waals surface area (Å²) in [5, 5.41) is 0.918. The molecule has 0 aliphatic carbocycles. The van der Waals surface area contributed by atoms with Crippen LogP contribution in [0.4, 0.5) is 0 Å². The van der Waals surface area contributed by atoms with Crippen LogP contribution in [0.1, 0.15) is 90.5 Å². The lowest BCUT2D eigenvalue weighted by Gasteiger charge is -2.13. The van der Waals surface area contributed by atoms with Gasteiger partial charge in [0.05, 0.1) is 17.7 Å². The zero-order valence-corrected chi connectivity index (χ0v) is 19.7. The van der Waals surface area contributed by atoms with Crippen molar-refractivity contribution in [1.29, 1.82) is 0 Å². The van der Waals surface area contributed by atoms with E-state index in [2.05, 4.69) is 40.2 Å². The van der Waals surface area contributed by atoms with Gasteiger partial charge in [0.2, 0.25) is 0 Å². The number of nitrogens with zero attached hydrogens (tertiary/aromatic N) is 1. The van der Waals surface area contributed by atoms with Gasteiger partial charge in [-0.05, 0) is 43.0 Å². The lowest BCUT2D eigenvalue weighted by molar-refractivity contribution is -0.0922. The fraction of sp³-hybridized carbons (Fsp3) is 0.462. The Morgan fingerprint density at radius 1 is 0.645 bits per heavy atom. The lowest BCUT2D eigenvalue weighted by Crippen LogP contribution is -2.30. The van der Waals surface area contributed by atoms with Crippen LogP contribution in [0, 0.1) is 0 Å². The summed E-state index contributed by atoms with van der Waals surface area (Å²) in [7, 11) is 0. The van der Waals surface area contributed by atoms with Gasteiger partial charge in [-0.3, -0.25) is 14.4 Å². The fourth-order valence-corrected chi connectivity index (χ4v) is 4.46. The molecule has 0 unspecified atom stereocenters. The fourth-order valence-electron chi connectivity index (χ4n) is 3.97. The molecule has 2 aromatic carbocycles. The molecule has 0 saturated heterocycles. The number of hydrogen-bond donors (Lipinski definition) is 0. The molecule has 0 spiro atoms. The Morgan fingerprint density at radius 2 is 1.13 bits per heavy atom. The van der Waals surface area contributed by atoms with Crippen molar-refractivity contribution in [1.82, 2.24) is 5.06 Å². The molecule has 4 nitrogen and oxygen atoms in total. The van der Waals surface area contributed by atoms with Crippen LogP contribution < -0.4 is 0 Å². The SMILES string of the molecule is O=C1c2ccccc2C(=O)N1OCCCCCCCCCCCCc1ccccc1Br. The van der Waals surface area contributed by atoms with Crippen LogP contribution in [0.2, 0.25) is 0 Å². The van der Waals surface area contributed by atoms with Gasteiger partial charge in [0.15, 0.2) is 0 Å². The Hall–Kier alpha value is -1.98. The Labute approximate surface area is 194 Å². The Kier molecular flexibility index (Phi) is 9.76. The summed E-state index contributed by atoms with van der Waals surface area (Å²) in [4.78, 5) is 29.9. The number of halogens is 1. The number of hydroxylamine groups is 2. The van der Waals surface area contributed by atoms with E-state index < -0.39 is 0 Å². The highest BCUT2D eigenvalue weighted by Gasteiger charge is 2.36. The van der Waals surface area contributed by atoms with E-state index in [-0.39, 0.29) is 11.8 Å². The average Bonchev–Trinajstić information content (AvgIpc) is 3.03. The third-order valence-electron chi connectivity index (χ3n) is 5.78. The van der Waals surface area contributed by atoms with Gasteiger partial charge in [0.1, 0.15) is 0 Å². The number of fused-ring (bicyclic) bond motifs is 1. The van der Waals surface area contributed by atoms with Gasteiger partial charge < -0.3 is 0 Å². The second kappa shape index (κ2) is 12.8. The molecular formula is C26H32BrNO3. The van der Waals surface area contributed by atoms with E-state index in [1.54, 1.807) is 24.3 Å². The summed E-state index contributed by atoms with van der Waals surface area (Å²) in [6.07, 6.45) is 13.3. The molecule has 1 aliphatic rings. The number of unbranched alkanes of at least 4 members (excludes halogenated alkanes) is 9. The van der Waals surface area contributed by atoms with Crippen molar-refractivity contribution in [2.75, 3.05) is 6.61 Å². The van der Waals surface area contributed by atoms with E-state index in [0.717, 1.165) is 24.3 Å². The summed E-state index contributed by atoms with van der Waals surface area (Å²) in [5.74, 6) is -0.700. The van der Waals surface area contributed by atoms with E-state index in [1.807, 2.05) is 0 Å². The summed E-state index contributed by atoms with van der Waals surface area (Å²) >= 11 is 3.62. The quantitative estimate of drug-likeness (QED) is 0.211. The minimum atomic E-state index is -0.350. The molecule has 0 atom stereocenters. The molecule has 0 bridgehead atoms. The molecule has 2 amide bonds. The van der Waals surface area contributed by atoms with Crippen molar-refractivity contribution in [3.05, 3.63) is 69.7 Å². The van der Waals surface area contributed by atoms with Crippen LogP contribution in [0.15, 0.2) is 53.0 Å². The first kappa shape index (κ1) is 23.7. The molecule has 0 radical (unpaired) electrons. The minimum absolute atomic E-state index is 0.350. The number of carbonyl (C=O) groups is 2. The number of imide groups is 1. The van der Waals surface area contributed by atoms with Gasteiger partial charge in [0, 0.05) is 4.47 Å². The molecule has 0 N–H and O–H groups in total. The van der Waals surface area contributed by atoms with Crippen LogP contribution in [0.25, 0.3) is 0 Å². The lowest BCUT2D eigenvalue weighted by atomic mass is 10.0. The maximum atomic E-state index is 12.2. The molecule has 1 aliphatic heterocycles. The van der Waals surface area contributed by atoms with Crippen molar-refractivity contribution < 1.29 is 14.4 Å². The van der Waals surface area contributed by atoms with E-state index in [9.17, 15) is 9.59 Å². The van der Waals surface area contributed by atoms with Gasteiger partial charge in [-0.2, -0.15) is 0 Å². The highest BCUT2D eigenvalue weighted by atomic mass is 79.9. The van der Waals surface area contributed by atoms with Crippen molar-refractivity contribution in [2.24, 2.45) is 0 Å². The molecule has 166 valence electrons. The van der Waals surface area contributed by atoms with Crippen LogP contribution in [0.5, 0.6) is 0 Å². The first-order valence-electron chi connectivity index (χ1n) is 11.5. The third kappa shape index (κ3) is 7.01. The molecule has 3 rings (SSSR count). The van der Waals surface area contributed by atoms with Crippen LogP contribution in [-0.2, 0) is 11.3 Å². The summed E-state index contributed by atoms with van der Waals surface area (Å²) in [6, 6.07) is 15.4. The standard InChI is InChI=1S/C26H32BrNO3/c27-24-19-13-10-16-21(24)15-9-7-5-3-1-2-4-6-8-14-20-31-28-25(29)22-17-11-12-18-23(22)26(28)30/h10-13,16-19H,1-9,14-15,20H2. The van der Waals surface area contributed by atoms with Crippen LogP contribution in [-0.4, -0.2) is 23.5 Å². The maximum Gasteiger partial charge on any atom is 0.285 e. The first-order chi connectivity index (χ1) is 15.2. The van der Waals surface area contributed by atoms with E-state index in [4.69, 9.17) is 4.84 Å². The molecule has 0 saturated carbocycles. The van der Waals surface area contributed by atoms with Gasteiger partial charge >= 0.3 is 0 Å². The Morgan fingerprint density at radius 3 is 1.71 bits per heavy atom. The number of benzene rings is 2. The maximum absolute atomic E-state index is 12.2. The molecule has 31 heavy (non-hydrogen) atoms. The summed E-state index contributed by atoms with van der Waals surface area (Å²) < 4.78 is 1.23. The number of carbonyl (C=O) groups excluding carboxylic acids is 2. The summed E-state index contributed by atoms with van der Waals surface area (Å²) in [6.45, 7) is 0.406. The number of aryl methyl sites for hydroxylation is 1. The zero-order valence-electron chi connectivity index (χ0n) is 18.2. The smallest absolute Gasteiger partial charge is 0.266 e. The Balaban J connectivity index is 1.14. The Bertz CT molecular complexity index is 832. The summed E-state index contributed by atoms with van der Waals surface area (Å²) in [5.41, 5.74) is 2.27. The van der Waals surface area contributed by atoms with Crippen molar-refractivity contribution in [2.45, 2.75) is 70.6 Å². The highest BCUT2D eigenvalue weighted by Crippen LogP contribution is 2.23. The molecule has 5 heteroatoms. The van der Waals surface area contributed by atoms with Crippen molar-refractivity contribution in [3.63, 3.8) is 0 Å². The number of hydrogen-bond acceptors (Lipinski definition) is 3. The van der Waals surface area contributed by atoms with E-state index >= 15 is 0 Å². The highest BCUT2D eigenvalue weighted by molar-refractivity contribution is 9.10.